The quantitative estimate of drug-likeness (QED) is 0.732. The van der Waals surface area contributed by atoms with Crippen LogP contribution >= 0.6 is 0 Å². The van der Waals surface area contributed by atoms with E-state index in [9.17, 15) is 0 Å². The van der Waals surface area contributed by atoms with Gasteiger partial charge in [-0.05, 0) is 12.6 Å². The fourth-order valence-electron chi connectivity index (χ4n) is 2.07. The smallest absolute Gasteiger partial charge is 0.166 e. The summed E-state index contributed by atoms with van der Waals surface area (Å²) in [7, 11) is 1.97. The van der Waals surface area contributed by atoms with Crippen LogP contribution in [0, 0.1) is 0 Å². The Morgan fingerprint density at radius 1 is 1.22 bits per heavy atom. The molecular formula is C12H14N6. The van der Waals surface area contributed by atoms with Gasteiger partial charge in [0.1, 0.15) is 11.3 Å². The molecule has 0 aliphatic carbocycles. The Morgan fingerprint density at radius 3 is 2.94 bits per heavy atom. The van der Waals surface area contributed by atoms with Gasteiger partial charge in [0.25, 0.3) is 0 Å². The van der Waals surface area contributed by atoms with Crippen molar-refractivity contribution in [3.05, 3.63) is 36.8 Å². The van der Waals surface area contributed by atoms with Gasteiger partial charge < -0.3 is 10.3 Å². The average Bonchev–Trinajstić information content (AvgIpc) is 2.98. The summed E-state index contributed by atoms with van der Waals surface area (Å²) < 4.78 is 3.92. The molecular weight excluding hydrogens is 228 g/mol. The molecule has 0 atom stereocenters. The number of imidazole rings is 2. The lowest BCUT2D eigenvalue weighted by Gasteiger charge is -2.06. The van der Waals surface area contributed by atoms with Crippen LogP contribution in [0.4, 0.5) is 0 Å². The minimum absolute atomic E-state index is 0.565. The molecule has 0 saturated carbocycles. The molecule has 6 heteroatoms. The molecule has 0 saturated heterocycles. The van der Waals surface area contributed by atoms with Crippen LogP contribution in [0.3, 0.4) is 0 Å². The fraction of sp³-hybridized carbons (Fsp3) is 0.250. The lowest BCUT2D eigenvalue weighted by molar-refractivity contribution is 0.826. The number of aryl methyl sites for hydroxylation is 1. The normalized spacial score (nSPS) is 11.2. The van der Waals surface area contributed by atoms with E-state index in [0.29, 0.717) is 6.54 Å². The molecule has 0 radical (unpaired) electrons. The van der Waals surface area contributed by atoms with Gasteiger partial charge in [-0.25, -0.2) is 15.0 Å². The molecule has 92 valence electrons. The van der Waals surface area contributed by atoms with Crippen molar-refractivity contribution in [2.75, 3.05) is 6.54 Å². The van der Waals surface area contributed by atoms with E-state index in [-0.39, 0.29) is 0 Å². The summed E-state index contributed by atoms with van der Waals surface area (Å²) >= 11 is 0. The van der Waals surface area contributed by atoms with Crippen LogP contribution in [0.25, 0.3) is 16.9 Å². The van der Waals surface area contributed by atoms with Gasteiger partial charge in [-0.1, -0.05) is 0 Å². The monoisotopic (exact) mass is 242 g/mol. The molecule has 18 heavy (non-hydrogen) atoms. The second-order valence-electron chi connectivity index (χ2n) is 4.11. The van der Waals surface area contributed by atoms with E-state index in [1.54, 1.807) is 18.7 Å². The Balaban J connectivity index is 2.22. The van der Waals surface area contributed by atoms with E-state index in [0.717, 1.165) is 29.1 Å². The molecule has 3 heterocycles. The third kappa shape index (κ3) is 1.58. The first-order chi connectivity index (χ1) is 8.81. The summed E-state index contributed by atoms with van der Waals surface area (Å²) in [6.07, 6.45) is 7.94. The first-order valence-electron chi connectivity index (χ1n) is 5.80. The maximum absolute atomic E-state index is 5.59. The highest BCUT2D eigenvalue weighted by Crippen LogP contribution is 2.19. The van der Waals surface area contributed by atoms with Crippen LogP contribution in [0.15, 0.2) is 31.0 Å². The number of hydrogen-bond acceptors (Lipinski definition) is 4. The minimum atomic E-state index is 0.565. The highest BCUT2D eigenvalue weighted by molar-refractivity contribution is 5.81. The second-order valence-corrected chi connectivity index (χ2v) is 4.11. The number of fused-ring (bicyclic) bond motifs is 1. The summed E-state index contributed by atoms with van der Waals surface area (Å²) in [4.78, 5) is 13.1. The zero-order valence-electron chi connectivity index (χ0n) is 10.1. The van der Waals surface area contributed by atoms with Gasteiger partial charge in [0.05, 0.1) is 11.8 Å². The van der Waals surface area contributed by atoms with Crippen LogP contribution in [-0.4, -0.2) is 30.6 Å². The van der Waals surface area contributed by atoms with E-state index in [2.05, 4.69) is 15.0 Å². The SMILES string of the molecule is Cn1cnc2c(-n3ccnc3CCN)nccc21. The summed E-state index contributed by atoms with van der Waals surface area (Å²) in [6, 6.07) is 1.95. The molecule has 2 N–H and O–H groups in total. The predicted molar refractivity (Wildman–Crippen MR) is 68.4 cm³/mol. The summed E-state index contributed by atoms with van der Waals surface area (Å²) in [5.74, 6) is 1.71. The summed E-state index contributed by atoms with van der Waals surface area (Å²) in [5, 5.41) is 0. The van der Waals surface area contributed by atoms with Crippen molar-refractivity contribution in [3.8, 4) is 5.82 Å². The maximum Gasteiger partial charge on any atom is 0.166 e. The zero-order chi connectivity index (χ0) is 12.5. The van der Waals surface area contributed by atoms with Crippen molar-refractivity contribution in [1.29, 1.82) is 0 Å². The van der Waals surface area contributed by atoms with Gasteiger partial charge in [-0.2, -0.15) is 0 Å². The molecule has 0 spiro atoms. The predicted octanol–water partition coefficient (Wildman–Crippen LogP) is 0.655. The van der Waals surface area contributed by atoms with E-state index in [1.165, 1.54) is 0 Å². The Bertz CT molecular complexity index is 681. The third-order valence-corrected chi connectivity index (χ3v) is 2.94. The van der Waals surface area contributed by atoms with Crippen LogP contribution in [-0.2, 0) is 13.5 Å². The molecule has 0 amide bonds. The van der Waals surface area contributed by atoms with E-state index >= 15 is 0 Å². The number of hydrogen-bond donors (Lipinski definition) is 1. The highest BCUT2D eigenvalue weighted by Gasteiger charge is 2.11. The lowest BCUT2D eigenvalue weighted by atomic mass is 10.3. The van der Waals surface area contributed by atoms with Crippen molar-refractivity contribution in [2.45, 2.75) is 6.42 Å². The van der Waals surface area contributed by atoms with Gasteiger partial charge in [0.2, 0.25) is 0 Å². The number of pyridine rings is 1. The largest absolute Gasteiger partial charge is 0.334 e. The third-order valence-electron chi connectivity index (χ3n) is 2.94. The molecule has 0 fully saturated rings. The molecule has 3 aromatic rings. The average molecular weight is 242 g/mol. The van der Waals surface area contributed by atoms with Gasteiger partial charge >= 0.3 is 0 Å². The first kappa shape index (κ1) is 10.9. The van der Waals surface area contributed by atoms with Gasteiger partial charge in [0.15, 0.2) is 5.82 Å². The highest BCUT2D eigenvalue weighted by atomic mass is 15.1. The fourth-order valence-corrected chi connectivity index (χ4v) is 2.07. The van der Waals surface area contributed by atoms with Gasteiger partial charge in [0, 0.05) is 32.1 Å². The molecule has 3 aromatic heterocycles. The van der Waals surface area contributed by atoms with Crippen molar-refractivity contribution in [1.82, 2.24) is 24.1 Å². The number of nitrogens with zero attached hydrogens (tertiary/aromatic N) is 5. The number of nitrogens with two attached hydrogens (primary N) is 1. The van der Waals surface area contributed by atoms with Crippen molar-refractivity contribution < 1.29 is 0 Å². The topological polar surface area (TPSA) is 74.5 Å². The van der Waals surface area contributed by atoms with Crippen LogP contribution in [0.1, 0.15) is 5.82 Å². The summed E-state index contributed by atoms with van der Waals surface area (Å²) in [5.41, 5.74) is 7.51. The number of aromatic nitrogens is 5. The molecule has 0 unspecified atom stereocenters. The summed E-state index contributed by atoms with van der Waals surface area (Å²) in [6.45, 7) is 0.565. The molecule has 0 aromatic carbocycles. The van der Waals surface area contributed by atoms with E-state index < -0.39 is 0 Å². The standard InChI is InChI=1S/C12H14N6/c1-17-8-16-11-9(17)3-5-15-12(11)18-7-6-14-10(18)2-4-13/h3,5-8H,2,4,13H2,1H3. The Labute approximate surface area is 104 Å². The van der Waals surface area contributed by atoms with Crippen LogP contribution in [0.5, 0.6) is 0 Å². The van der Waals surface area contributed by atoms with Crippen LogP contribution < -0.4 is 5.73 Å². The van der Waals surface area contributed by atoms with Crippen molar-refractivity contribution in [3.63, 3.8) is 0 Å². The van der Waals surface area contributed by atoms with Crippen molar-refractivity contribution >= 4 is 11.0 Å². The zero-order valence-corrected chi connectivity index (χ0v) is 10.1. The molecule has 0 aliphatic rings. The Hall–Kier alpha value is -2.21. The van der Waals surface area contributed by atoms with E-state index in [1.807, 2.05) is 28.4 Å². The minimum Gasteiger partial charge on any atom is -0.334 e. The molecule has 0 bridgehead atoms. The lowest BCUT2D eigenvalue weighted by Crippen LogP contribution is -2.09. The molecule has 6 nitrogen and oxygen atoms in total. The van der Waals surface area contributed by atoms with Crippen LogP contribution in [0.2, 0.25) is 0 Å². The molecule has 0 aliphatic heterocycles. The molecule has 3 rings (SSSR count). The van der Waals surface area contributed by atoms with Crippen molar-refractivity contribution in [2.24, 2.45) is 12.8 Å². The second kappa shape index (κ2) is 4.23. The Kier molecular flexibility index (Phi) is 2.56. The number of rotatable bonds is 3. The first-order valence-corrected chi connectivity index (χ1v) is 5.80. The van der Waals surface area contributed by atoms with Gasteiger partial charge in [-0.3, -0.25) is 4.57 Å². The van der Waals surface area contributed by atoms with Gasteiger partial charge in [-0.15, -0.1) is 0 Å². The maximum atomic E-state index is 5.59. The Morgan fingerprint density at radius 2 is 2.11 bits per heavy atom. The van der Waals surface area contributed by atoms with E-state index in [4.69, 9.17) is 5.73 Å².